The van der Waals surface area contributed by atoms with Crippen LogP contribution in [-0.2, 0) is 16.4 Å². The zero-order valence-electron chi connectivity index (χ0n) is 13.1. The predicted molar refractivity (Wildman–Crippen MR) is 88.9 cm³/mol. The molecule has 120 valence electrons. The average molecular weight is 312 g/mol. The summed E-state index contributed by atoms with van der Waals surface area (Å²) >= 11 is 0. The smallest absolute Gasteiger partial charge is 0.211 e. The van der Waals surface area contributed by atoms with Crippen LogP contribution in [0.5, 0.6) is 0 Å². The van der Waals surface area contributed by atoms with E-state index < -0.39 is 10.0 Å². The fourth-order valence-electron chi connectivity index (χ4n) is 2.14. The highest BCUT2D eigenvalue weighted by Crippen LogP contribution is 2.05. The number of sulfonamides is 1. The van der Waals surface area contributed by atoms with Crippen LogP contribution in [0, 0.1) is 0 Å². The zero-order chi connectivity index (χ0) is 15.6. The molecule has 0 heterocycles. The van der Waals surface area contributed by atoms with Crippen molar-refractivity contribution in [3.05, 3.63) is 35.9 Å². The first-order valence-corrected chi connectivity index (χ1v) is 9.43. The maximum atomic E-state index is 11.9. The first kappa shape index (κ1) is 18.1. The number of aryl methyl sites for hydroxylation is 1. The Morgan fingerprint density at radius 3 is 2.52 bits per heavy atom. The summed E-state index contributed by atoms with van der Waals surface area (Å²) in [5, 5.41) is 3.22. The van der Waals surface area contributed by atoms with Crippen LogP contribution < -0.4 is 10.0 Å². The van der Waals surface area contributed by atoms with E-state index >= 15 is 0 Å². The van der Waals surface area contributed by atoms with Crippen molar-refractivity contribution >= 4 is 10.0 Å². The first-order valence-electron chi connectivity index (χ1n) is 7.78. The molecule has 1 aromatic carbocycles. The Labute approximate surface area is 129 Å². The van der Waals surface area contributed by atoms with Gasteiger partial charge in [-0.3, -0.25) is 0 Å². The van der Waals surface area contributed by atoms with E-state index in [1.54, 1.807) is 0 Å². The largest absolute Gasteiger partial charge is 0.317 e. The number of nitrogens with one attached hydrogen (secondary N) is 2. The summed E-state index contributed by atoms with van der Waals surface area (Å²) in [6, 6.07) is 10.1. The lowest BCUT2D eigenvalue weighted by atomic mass is 10.1. The molecule has 21 heavy (non-hydrogen) atoms. The van der Waals surface area contributed by atoms with Crippen molar-refractivity contribution in [3.63, 3.8) is 0 Å². The Kier molecular flexibility index (Phi) is 8.57. The van der Waals surface area contributed by atoms with Crippen LogP contribution in [0.3, 0.4) is 0 Å². The third-order valence-corrected chi connectivity index (χ3v) is 4.87. The Balaban J connectivity index is 2.24. The molecule has 1 atom stereocenters. The summed E-state index contributed by atoms with van der Waals surface area (Å²) in [6.45, 7) is 5.73. The zero-order valence-corrected chi connectivity index (χ0v) is 14.0. The van der Waals surface area contributed by atoms with Crippen molar-refractivity contribution in [2.45, 2.75) is 45.6 Å². The molecule has 4 nitrogen and oxygen atoms in total. The lowest BCUT2D eigenvalue weighted by Crippen LogP contribution is -2.35. The number of benzene rings is 1. The molecule has 2 N–H and O–H groups in total. The third kappa shape index (κ3) is 8.86. The molecule has 1 rings (SSSR count). The lowest BCUT2D eigenvalue weighted by Gasteiger charge is -2.14. The highest BCUT2D eigenvalue weighted by molar-refractivity contribution is 7.89. The van der Waals surface area contributed by atoms with Crippen molar-refractivity contribution in [2.75, 3.05) is 18.8 Å². The van der Waals surface area contributed by atoms with Gasteiger partial charge in [0.1, 0.15) is 0 Å². The van der Waals surface area contributed by atoms with Gasteiger partial charge in [0.2, 0.25) is 10.0 Å². The van der Waals surface area contributed by atoms with Crippen LogP contribution >= 0.6 is 0 Å². The normalized spacial score (nSPS) is 13.2. The summed E-state index contributed by atoms with van der Waals surface area (Å²) in [6.07, 6.45) is 3.43. The summed E-state index contributed by atoms with van der Waals surface area (Å²) < 4.78 is 26.7. The molecular formula is C16H28N2O2S. The van der Waals surface area contributed by atoms with Gasteiger partial charge < -0.3 is 5.32 Å². The minimum atomic E-state index is -3.16. The van der Waals surface area contributed by atoms with E-state index in [4.69, 9.17) is 0 Å². The molecule has 0 aliphatic carbocycles. The van der Waals surface area contributed by atoms with E-state index in [9.17, 15) is 8.42 Å². The molecule has 0 fully saturated rings. The van der Waals surface area contributed by atoms with Gasteiger partial charge >= 0.3 is 0 Å². The maximum absolute atomic E-state index is 11.9. The van der Waals surface area contributed by atoms with Gasteiger partial charge in [-0.1, -0.05) is 37.3 Å². The molecular weight excluding hydrogens is 284 g/mol. The predicted octanol–water partition coefficient (Wildman–Crippen LogP) is 2.32. The van der Waals surface area contributed by atoms with Gasteiger partial charge in [-0.25, -0.2) is 13.1 Å². The molecule has 0 spiro atoms. The molecule has 1 unspecified atom stereocenters. The fraction of sp³-hybridized carbons (Fsp3) is 0.625. The molecule has 0 aliphatic rings. The second-order valence-corrected chi connectivity index (χ2v) is 7.34. The Morgan fingerprint density at radius 2 is 1.86 bits per heavy atom. The van der Waals surface area contributed by atoms with Crippen molar-refractivity contribution in [1.82, 2.24) is 10.0 Å². The van der Waals surface area contributed by atoms with Crippen LogP contribution in [0.1, 0.15) is 38.7 Å². The molecule has 0 radical (unpaired) electrons. The minimum Gasteiger partial charge on any atom is -0.317 e. The molecule has 5 heteroatoms. The Hall–Kier alpha value is -0.910. The molecule has 0 amide bonds. The van der Waals surface area contributed by atoms with Crippen molar-refractivity contribution in [1.29, 1.82) is 0 Å². The first-order chi connectivity index (χ1) is 10.0. The van der Waals surface area contributed by atoms with Gasteiger partial charge in [-0.15, -0.1) is 0 Å². The van der Waals surface area contributed by atoms with E-state index in [1.165, 1.54) is 5.56 Å². The van der Waals surface area contributed by atoms with Crippen LogP contribution in [0.15, 0.2) is 30.3 Å². The Morgan fingerprint density at radius 1 is 1.14 bits per heavy atom. The van der Waals surface area contributed by atoms with Crippen LogP contribution in [0.2, 0.25) is 0 Å². The van der Waals surface area contributed by atoms with Gasteiger partial charge in [0, 0.05) is 6.04 Å². The number of rotatable bonds is 11. The SMILES string of the molecule is CCCNCCCS(=O)(=O)NC(C)CCc1ccccc1. The van der Waals surface area contributed by atoms with Crippen molar-refractivity contribution < 1.29 is 8.42 Å². The summed E-state index contributed by atoms with van der Waals surface area (Å²) in [7, 11) is -3.16. The lowest BCUT2D eigenvalue weighted by molar-refractivity contribution is 0.542. The molecule has 0 saturated heterocycles. The fourth-order valence-corrected chi connectivity index (χ4v) is 3.51. The highest BCUT2D eigenvalue weighted by Gasteiger charge is 2.13. The molecule has 1 aromatic rings. The van der Waals surface area contributed by atoms with Gasteiger partial charge in [0.15, 0.2) is 0 Å². The van der Waals surface area contributed by atoms with Crippen LogP contribution in [-0.4, -0.2) is 33.3 Å². The van der Waals surface area contributed by atoms with Crippen LogP contribution in [0.25, 0.3) is 0 Å². The van der Waals surface area contributed by atoms with Crippen molar-refractivity contribution in [2.24, 2.45) is 0 Å². The summed E-state index contributed by atoms with van der Waals surface area (Å²) in [5.41, 5.74) is 1.24. The second kappa shape index (κ2) is 9.92. The topological polar surface area (TPSA) is 58.2 Å². The standard InChI is InChI=1S/C16H28N2O2S/c1-3-12-17-13-7-14-21(19,20)18-15(2)10-11-16-8-5-4-6-9-16/h4-6,8-9,15,17-18H,3,7,10-14H2,1-2H3. The van der Waals surface area contributed by atoms with Gasteiger partial charge in [0.25, 0.3) is 0 Å². The molecule has 0 bridgehead atoms. The molecule has 0 aliphatic heterocycles. The van der Waals surface area contributed by atoms with E-state index in [-0.39, 0.29) is 11.8 Å². The summed E-state index contributed by atoms with van der Waals surface area (Å²) in [5.74, 6) is 0.194. The van der Waals surface area contributed by atoms with Gasteiger partial charge in [-0.05, 0) is 51.3 Å². The molecule has 0 aromatic heterocycles. The Bertz CT molecular complexity index is 474. The van der Waals surface area contributed by atoms with Crippen LogP contribution in [0.4, 0.5) is 0 Å². The number of hydrogen-bond acceptors (Lipinski definition) is 3. The third-order valence-electron chi connectivity index (χ3n) is 3.28. The molecule has 0 saturated carbocycles. The second-order valence-electron chi connectivity index (χ2n) is 5.47. The van der Waals surface area contributed by atoms with E-state index in [1.807, 2.05) is 25.1 Å². The highest BCUT2D eigenvalue weighted by atomic mass is 32.2. The maximum Gasteiger partial charge on any atom is 0.211 e. The van der Waals surface area contributed by atoms with Gasteiger partial charge in [-0.2, -0.15) is 0 Å². The monoisotopic (exact) mass is 312 g/mol. The summed E-state index contributed by atoms with van der Waals surface area (Å²) in [4.78, 5) is 0. The minimum absolute atomic E-state index is 0.0289. The average Bonchev–Trinajstić information content (AvgIpc) is 2.45. The van der Waals surface area contributed by atoms with Crippen molar-refractivity contribution in [3.8, 4) is 0 Å². The quantitative estimate of drug-likeness (QED) is 0.617. The van der Waals surface area contributed by atoms with E-state index in [0.717, 1.165) is 32.4 Å². The number of hydrogen-bond donors (Lipinski definition) is 2. The van der Waals surface area contributed by atoms with E-state index in [2.05, 4.69) is 29.1 Å². The van der Waals surface area contributed by atoms with Gasteiger partial charge in [0.05, 0.1) is 5.75 Å². The van der Waals surface area contributed by atoms with E-state index in [0.29, 0.717) is 6.42 Å².